The number of piperidine rings is 1. The number of aromatic nitrogens is 2. The van der Waals surface area contributed by atoms with Crippen molar-refractivity contribution in [3.8, 4) is 5.75 Å². The van der Waals surface area contributed by atoms with Gasteiger partial charge in [-0.2, -0.15) is 0 Å². The first-order valence-electron chi connectivity index (χ1n) is 8.89. The summed E-state index contributed by atoms with van der Waals surface area (Å²) in [4.78, 5) is 23.0. The number of hydrogen-bond donors (Lipinski definition) is 1. The van der Waals surface area contributed by atoms with Crippen molar-refractivity contribution in [3.05, 3.63) is 24.4 Å². The van der Waals surface area contributed by atoms with Gasteiger partial charge in [-0.3, -0.25) is 0 Å². The summed E-state index contributed by atoms with van der Waals surface area (Å²) in [6.45, 7) is 6.93. The van der Waals surface area contributed by atoms with Gasteiger partial charge in [0.2, 0.25) is 5.95 Å². The van der Waals surface area contributed by atoms with Crippen LogP contribution in [0.5, 0.6) is 5.75 Å². The van der Waals surface area contributed by atoms with Gasteiger partial charge in [-0.25, -0.2) is 14.8 Å². The Labute approximate surface area is 153 Å². The van der Waals surface area contributed by atoms with Gasteiger partial charge in [0, 0.05) is 30.7 Å². The van der Waals surface area contributed by atoms with E-state index < -0.39 is 5.60 Å². The zero-order chi connectivity index (χ0) is 18.7. The molecule has 0 spiro atoms. The molecule has 1 atom stereocenters. The van der Waals surface area contributed by atoms with Crippen LogP contribution in [0.1, 0.15) is 33.6 Å². The summed E-state index contributed by atoms with van der Waals surface area (Å²) in [6.07, 6.45) is 3.39. The second-order valence-corrected chi connectivity index (χ2v) is 7.53. The number of likely N-dealkylation sites (tertiary alicyclic amines) is 1. The van der Waals surface area contributed by atoms with Gasteiger partial charge in [0.25, 0.3) is 0 Å². The van der Waals surface area contributed by atoms with Gasteiger partial charge in [-0.05, 0) is 51.8 Å². The third kappa shape index (κ3) is 4.53. The summed E-state index contributed by atoms with van der Waals surface area (Å²) < 4.78 is 10.7. The first-order valence-corrected chi connectivity index (χ1v) is 8.89. The molecule has 7 heteroatoms. The predicted octanol–water partition coefficient (Wildman–Crippen LogP) is 3.45. The normalized spacial score (nSPS) is 17.8. The lowest BCUT2D eigenvalue weighted by atomic mass is 10.1. The fourth-order valence-electron chi connectivity index (χ4n) is 2.98. The number of benzene rings is 1. The number of nitrogens with one attached hydrogen (secondary N) is 1. The minimum Gasteiger partial charge on any atom is -0.497 e. The molecule has 0 saturated carbocycles. The van der Waals surface area contributed by atoms with E-state index in [4.69, 9.17) is 9.47 Å². The van der Waals surface area contributed by atoms with Crippen molar-refractivity contribution in [1.82, 2.24) is 14.9 Å². The monoisotopic (exact) mass is 358 g/mol. The second-order valence-electron chi connectivity index (χ2n) is 7.53. The zero-order valence-electron chi connectivity index (χ0n) is 15.8. The zero-order valence-corrected chi connectivity index (χ0v) is 15.8. The van der Waals surface area contributed by atoms with E-state index in [9.17, 15) is 4.79 Å². The molecule has 0 unspecified atom stereocenters. The highest BCUT2D eigenvalue weighted by Gasteiger charge is 2.27. The molecule has 2 heterocycles. The summed E-state index contributed by atoms with van der Waals surface area (Å²) in [5.41, 5.74) is 0.364. The van der Waals surface area contributed by atoms with Crippen molar-refractivity contribution in [2.75, 3.05) is 25.5 Å². The Bertz CT molecular complexity index is 788. The molecule has 7 nitrogen and oxygen atoms in total. The molecule has 1 N–H and O–H groups in total. The van der Waals surface area contributed by atoms with Gasteiger partial charge in [0.05, 0.1) is 12.6 Å². The van der Waals surface area contributed by atoms with Gasteiger partial charge in [-0.15, -0.1) is 0 Å². The third-order valence-electron chi connectivity index (χ3n) is 4.19. The van der Waals surface area contributed by atoms with Crippen LogP contribution in [0, 0.1) is 0 Å². The first kappa shape index (κ1) is 18.2. The van der Waals surface area contributed by atoms with Crippen LogP contribution < -0.4 is 10.1 Å². The van der Waals surface area contributed by atoms with Gasteiger partial charge < -0.3 is 19.7 Å². The number of methoxy groups -OCH3 is 1. The number of carbonyl (C=O) groups excluding carboxylic acids is 1. The number of rotatable bonds is 3. The highest BCUT2D eigenvalue weighted by Crippen LogP contribution is 2.21. The van der Waals surface area contributed by atoms with Crippen LogP contribution in [0.2, 0.25) is 0 Å². The van der Waals surface area contributed by atoms with Crippen molar-refractivity contribution < 1.29 is 14.3 Å². The molecule has 1 amide bonds. The van der Waals surface area contributed by atoms with Crippen LogP contribution in [0.4, 0.5) is 10.7 Å². The summed E-state index contributed by atoms with van der Waals surface area (Å²) in [7, 11) is 1.64. The minimum absolute atomic E-state index is 0.104. The molecule has 2 aromatic rings. The first-order chi connectivity index (χ1) is 12.3. The molecule has 140 valence electrons. The van der Waals surface area contributed by atoms with E-state index in [1.165, 1.54) is 0 Å². The Kier molecular flexibility index (Phi) is 5.15. The van der Waals surface area contributed by atoms with Crippen LogP contribution in [0.15, 0.2) is 24.4 Å². The van der Waals surface area contributed by atoms with E-state index >= 15 is 0 Å². The fraction of sp³-hybridized carbons (Fsp3) is 0.526. The SMILES string of the molecule is COc1ccc2nc(N[C@@H]3CCCN(C(=O)OC(C)(C)C)C3)ncc2c1. The molecular formula is C19H26N4O3. The largest absolute Gasteiger partial charge is 0.497 e. The van der Waals surface area contributed by atoms with Crippen LogP contribution in [0.25, 0.3) is 10.9 Å². The van der Waals surface area contributed by atoms with Crippen LogP contribution in [0.3, 0.4) is 0 Å². The molecule has 26 heavy (non-hydrogen) atoms. The standard InChI is InChI=1S/C19H26N4O3/c1-19(2,3)26-18(24)23-9-5-6-14(12-23)21-17-20-11-13-10-15(25-4)7-8-16(13)22-17/h7-8,10-11,14H,5-6,9,12H2,1-4H3,(H,20,21,22)/t14-/m1/s1. The number of ether oxygens (including phenoxy) is 2. The molecule has 0 aliphatic carbocycles. The Hall–Kier alpha value is -2.57. The number of fused-ring (bicyclic) bond motifs is 1. The van der Waals surface area contributed by atoms with E-state index in [-0.39, 0.29) is 12.1 Å². The van der Waals surface area contributed by atoms with Crippen molar-refractivity contribution in [2.45, 2.75) is 45.3 Å². The summed E-state index contributed by atoms with van der Waals surface area (Å²) in [6, 6.07) is 5.80. The van der Waals surface area contributed by atoms with Crippen LogP contribution in [-0.2, 0) is 4.74 Å². The molecule has 1 aliphatic rings. The molecule has 1 aromatic carbocycles. The molecule has 3 rings (SSSR count). The number of hydrogen-bond acceptors (Lipinski definition) is 6. The Balaban J connectivity index is 1.66. The molecular weight excluding hydrogens is 332 g/mol. The van der Waals surface area contributed by atoms with Crippen molar-refractivity contribution in [1.29, 1.82) is 0 Å². The van der Waals surface area contributed by atoms with Crippen LogP contribution >= 0.6 is 0 Å². The number of anilines is 1. The Morgan fingerprint density at radius 1 is 1.35 bits per heavy atom. The van der Waals surface area contributed by atoms with Crippen molar-refractivity contribution in [3.63, 3.8) is 0 Å². The Morgan fingerprint density at radius 3 is 2.88 bits per heavy atom. The molecule has 0 bridgehead atoms. The van der Waals surface area contributed by atoms with Gasteiger partial charge in [0.15, 0.2) is 0 Å². The highest BCUT2D eigenvalue weighted by molar-refractivity contribution is 5.80. The maximum Gasteiger partial charge on any atom is 0.410 e. The molecule has 0 radical (unpaired) electrons. The highest BCUT2D eigenvalue weighted by atomic mass is 16.6. The number of amides is 1. The molecule has 1 fully saturated rings. The van der Waals surface area contributed by atoms with Gasteiger partial charge in [0.1, 0.15) is 11.4 Å². The van der Waals surface area contributed by atoms with Gasteiger partial charge >= 0.3 is 6.09 Å². The maximum atomic E-state index is 12.3. The summed E-state index contributed by atoms with van der Waals surface area (Å²) >= 11 is 0. The van der Waals surface area contributed by atoms with Crippen molar-refractivity contribution >= 4 is 22.9 Å². The average molecular weight is 358 g/mol. The summed E-state index contributed by atoms with van der Waals surface area (Å²) in [5, 5.41) is 4.27. The van der Waals surface area contributed by atoms with E-state index in [1.807, 2.05) is 39.0 Å². The predicted molar refractivity (Wildman–Crippen MR) is 101 cm³/mol. The molecule has 1 aromatic heterocycles. The smallest absolute Gasteiger partial charge is 0.410 e. The average Bonchev–Trinajstić information content (AvgIpc) is 2.60. The van der Waals surface area contributed by atoms with Crippen molar-refractivity contribution in [2.24, 2.45) is 0 Å². The van der Waals surface area contributed by atoms with E-state index in [1.54, 1.807) is 18.2 Å². The minimum atomic E-state index is -0.486. The van der Waals surface area contributed by atoms with E-state index in [0.717, 1.165) is 29.5 Å². The van der Waals surface area contributed by atoms with Gasteiger partial charge in [-0.1, -0.05) is 0 Å². The second kappa shape index (κ2) is 7.35. The number of nitrogens with zero attached hydrogens (tertiary/aromatic N) is 3. The topological polar surface area (TPSA) is 76.6 Å². The third-order valence-corrected chi connectivity index (χ3v) is 4.19. The Morgan fingerprint density at radius 2 is 2.15 bits per heavy atom. The lowest BCUT2D eigenvalue weighted by Crippen LogP contribution is -2.47. The molecule has 1 saturated heterocycles. The lowest BCUT2D eigenvalue weighted by Gasteiger charge is -2.34. The lowest BCUT2D eigenvalue weighted by molar-refractivity contribution is 0.0206. The quantitative estimate of drug-likeness (QED) is 0.906. The van der Waals surface area contributed by atoms with E-state index in [0.29, 0.717) is 19.0 Å². The fourth-order valence-corrected chi connectivity index (χ4v) is 2.98. The number of carbonyl (C=O) groups is 1. The van der Waals surface area contributed by atoms with Crippen LogP contribution in [-0.4, -0.2) is 52.8 Å². The summed E-state index contributed by atoms with van der Waals surface area (Å²) in [5.74, 6) is 1.35. The maximum absolute atomic E-state index is 12.3. The van der Waals surface area contributed by atoms with E-state index in [2.05, 4.69) is 15.3 Å². The molecule has 1 aliphatic heterocycles.